The van der Waals surface area contributed by atoms with Crippen molar-refractivity contribution in [1.29, 1.82) is 0 Å². The quantitative estimate of drug-likeness (QED) is 0.195. The molecule has 1 aliphatic rings. The third-order valence-corrected chi connectivity index (χ3v) is 6.26. The van der Waals surface area contributed by atoms with Crippen LogP contribution in [0.5, 0.6) is 0 Å². The van der Waals surface area contributed by atoms with Crippen LogP contribution in [-0.4, -0.2) is 28.6 Å². The largest absolute Gasteiger partial charge is 0.480 e. The van der Waals surface area contributed by atoms with Crippen molar-refractivity contribution in [3.63, 3.8) is 0 Å². The van der Waals surface area contributed by atoms with Gasteiger partial charge in [-0.25, -0.2) is 4.79 Å². The summed E-state index contributed by atoms with van der Waals surface area (Å²) in [5, 5.41) is 12.8. The molecular formula is C28H43NO2S. The molecule has 2 N–H and O–H groups in total. The lowest BCUT2D eigenvalue weighted by Gasteiger charge is -2.16. The molecule has 0 radical (unpaired) electrons. The van der Waals surface area contributed by atoms with Crippen molar-refractivity contribution in [3.05, 3.63) is 70.0 Å². The second kappa shape index (κ2) is 15.8. The maximum atomic E-state index is 11.6. The van der Waals surface area contributed by atoms with Gasteiger partial charge in [0.2, 0.25) is 0 Å². The first-order chi connectivity index (χ1) is 15.2. The highest BCUT2D eigenvalue weighted by Crippen LogP contribution is 2.19. The second-order valence-electron chi connectivity index (χ2n) is 9.21. The van der Waals surface area contributed by atoms with E-state index < -0.39 is 12.0 Å². The standard InChI is InChI=1S/C28H43NO2S/c1-21(2)9-7-10-23(5)11-8-12-25(15-13-22(3)4)17-18-32-20-27(28(30)31)29-26-16-14-24(6)19-26/h9,11,13-14,16-17,27,29H,7-8,10,12,15,18-20H2,1-6H3,(H,30,31). The predicted molar refractivity (Wildman–Crippen MR) is 142 cm³/mol. The van der Waals surface area contributed by atoms with Gasteiger partial charge in [-0.05, 0) is 79.7 Å². The van der Waals surface area contributed by atoms with Crippen LogP contribution < -0.4 is 5.32 Å². The topological polar surface area (TPSA) is 49.3 Å². The number of nitrogens with one attached hydrogen (secondary N) is 1. The Morgan fingerprint density at radius 2 is 1.72 bits per heavy atom. The van der Waals surface area contributed by atoms with Gasteiger partial charge in [0.05, 0.1) is 0 Å². The molecule has 0 heterocycles. The van der Waals surface area contributed by atoms with Crippen LogP contribution in [0.4, 0.5) is 0 Å². The maximum Gasteiger partial charge on any atom is 0.326 e. The first kappa shape index (κ1) is 28.1. The number of carbonyl (C=O) groups is 1. The molecule has 1 aliphatic carbocycles. The monoisotopic (exact) mass is 457 g/mol. The van der Waals surface area contributed by atoms with E-state index in [2.05, 4.69) is 71.2 Å². The molecule has 0 aromatic rings. The molecule has 0 spiro atoms. The smallest absolute Gasteiger partial charge is 0.326 e. The maximum absolute atomic E-state index is 11.6. The summed E-state index contributed by atoms with van der Waals surface area (Å²) in [6.07, 6.45) is 19.5. The number of thioether (sulfide) groups is 1. The fraction of sp³-hybridized carbons (Fsp3) is 0.536. The summed E-state index contributed by atoms with van der Waals surface area (Å²) in [7, 11) is 0. The number of carboxylic acids is 1. The minimum Gasteiger partial charge on any atom is -0.480 e. The zero-order chi connectivity index (χ0) is 23.9. The van der Waals surface area contributed by atoms with Gasteiger partial charge in [0, 0.05) is 23.6 Å². The summed E-state index contributed by atoms with van der Waals surface area (Å²) < 4.78 is 0. The van der Waals surface area contributed by atoms with Crippen molar-refractivity contribution in [3.8, 4) is 0 Å². The van der Waals surface area contributed by atoms with Gasteiger partial charge in [0.25, 0.3) is 0 Å². The Morgan fingerprint density at radius 1 is 1.03 bits per heavy atom. The second-order valence-corrected chi connectivity index (χ2v) is 10.3. The van der Waals surface area contributed by atoms with Crippen molar-refractivity contribution in [2.45, 2.75) is 86.1 Å². The van der Waals surface area contributed by atoms with Crippen LogP contribution in [-0.2, 0) is 4.79 Å². The molecule has 178 valence electrons. The van der Waals surface area contributed by atoms with Gasteiger partial charge in [-0.15, -0.1) is 0 Å². The van der Waals surface area contributed by atoms with Crippen molar-refractivity contribution in [2.75, 3.05) is 11.5 Å². The molecular weight excluding hydrogens is 414 g/mol. The molecule has 0 fully saturated rings. The summed E-state index contributed by atoms with van der Waals surface area (Å²) >= 11 is 1.68. The van der Waals surface area contributed by atoms with Gasteiger partial charge in [0.15, 0.2) is 0 Å². The van der Waals surface area contributed by atoms with Gasteiger partial charge in [-0.1, -0.05) is 58.2 Å². The van der Waals surface area contributed by atoms with Crippen molar-refractivity contribution < 1.29 is 9.90 Å². The van der Waals surface area contributed by atoms with Crippen LogP contribution in [0.25, 0.3) is 0 Å². The lowest BCUT2D eigenvalue weighted by molar-refractivity contribution is -0.138. The van der Waals surface area contributed by atoms with Gasteiger partial charge in [-0.2, -0.15) is 11.8 Å². The fourth-order valence-corrected chi connectivity index (χ4v) is 4.29. The third-order valence-electron chi connectivity index (χ3n) is 5.29. The van der Waals surface area contributed by atoms with Crippen LogP contribution in [0, 0.1) is 0 Å². The number of aliphatic carboxylic acids is 1. The summed E-state index contributed by atoms with van der Waals surface area (Å²) in [6, 6.07) is -0.549. The first-order valence-corrected chi connectivity index (χ1v) is 12.9. The molecule has 1 rings (SSSR count). The number of carboxylic acid groups (broad SMARTS) is 1. The highest BCUT2D eigenvalue weighted by atomic mass is 32.2. The Kier molecular flexibility index (Phi) is 13.9. The SMILES string of the molecule is CC(C)=CCCC(C)=CCCC(=CCSCC(NC1=CC=C(C)C1)C(=O)O)CC=C(C)C. The van der Waals surface area contributed by atoms with Crippen LogP contribution in [0.2, 0.25) is 0 Å². The minimum absolute atomic E-state index is 0.549. The van der Waals surface area contributed by atoms with Crippen molar-refractivity contribution >= 4 is 17.7 Å². The number of hydrogen-bond donors (Lipinski definition) is 2. The van der Waals surface area contributed by atoms with Crippen LogP contribution in [0.1, 0.15) is 80.1 Å². The van der Waals surface area contributed by atoms with Crippen molar-refractivity contribution in [2.24, 2.45) is 0 Å². The van der Waals surface area contributed by atoms with E-state index in [9.17, 15) is 9.90 Å². The lowest BCUT2D eigenvalue weighted by Crippen LogP contribution is -2.38. The summed E-state index contributed by atoms with van der Waals surface area (Å²) in [6.45, 7) is 12.9. The zero-order valence-corrected chi connectivity index (χ0v) is 21.8. The molecule has 0 amide bonds. The Bertz CT molecular complexity index is 788. The van der Waals surface area contributed by atoms with Crippen molar-refractivity contribution in [1.82, 2.24) is 5.32 Å². The lowest BCUT2D eigenvalue weighted by atomic mass is 10.0. The van der Waals surface area contributed by atoms with E-state index in [4.69, 9.17) is 0 Å². The molecule has 0 saturated heterocycles. The first-order valence-electron chi connectivity index (χ1n) is 11.7. The normalized spacial score (nSPS) is 15.1. The van der Waals surface area contributed by atoms with Crippen LogP contribution in [0.3, 0.4) is 0 Å². The van der Waals surface area contributed by atoms with E-state index in [0.29, 0.717) is 5.75 Å². The number of allylic oxidation sites excluding steroid dienone is 10. The molecule has 0 bridgehead atoms. The van der Waals surface area contributed by atoms with E-state index in [0.717, 1.165) is 50.0 Å². The van der Waals surface area contributed by atoms with E-state index >= 15 is 0 Å². The molecule has 4 heteroatoms. The van der Waals surface area contributed by atoms with Gasteiger partial charge in [0.1, 0.15) is 6.04 Å². The highest BCUT2D eigenvalue weighted by molar-refractivity contribution is 7.99. The van der Waals surface area contributed by atoms with Crippen LogP contribution in [0.15, 0.2) is 70.0 Å². The highest BCUT2D eigenvalue weighted by Gasteiger charge is 2.19. The van der Waals surface area contributed by atoms with E-state index in [-0.39, 0.29) is 0 Å². The minimum atomic E-state index is -0.787. The molecule has 3 nitrogen and oxygen atoms in total. The summed E-state index contributed by atoms with van der Waals surface area (Å²) in [5.74, 6) is 0.615. The Hall–Kier alpha value is -1.94. The van der Waals surface area contributed by atoms with Gasteiger partial charge < -0.3 is 10.4 Å². The fourth-order valence-electron chi connectivity index (χ4n) is 3.34. The molecule has 0 aromatic heterocycles. The molecule has 1 atom stereocenters. The zero-order valence-electron chi connectivity index (χ0n) is 21.0. The van der Waals surface area contributed by atoms with E-state index in [1.54, 1.807) is 11.8 Å². The number of rotatable bonds is 15. The van der Waals surface area contributed by atoms with Gasteiger partial charge in [-0.3, -0.25) is 0 Å². The summed E-state index contributed by atoms with van der Waals surface area (Å²) in [5.41, 5.74) is 7.87. The molecule has 1 unspecified atom stereocenters. The predicted octanol–water partition coefficient (Wildman–Crippen LogP) is 7.75. The Labute approximate surface area is 200 Å². The third kappa shape index (κ3) is 13.5. The summed E-state index contributed by atoms with van der Waals surface area (Å²) in [4.78, 5) is 11.6. The average Bonchev–Trinajstić information content (AvgIpc) is 3.11. The Morgan fingerprint density at radius 3 is 2.31 bits per heavy atom. The van der Waals surface area contributed by atoms with E-state index in [1.807, 2.05) is 12.2 Å². The molecule has 0 saturated carbocycles. The molecule has 0 aromatic carbocycles. The Balaban J connectivity index is 2.54. The molecule has 0 aliphatic heterocycles. The van der Waals surface area contributed by atoms with Gasteiger partial charge >= 0.3 is 5.97 Å². The van der Waals surface area contributed by atoms with E-state index in [1.165, 1.54) is 27.9 Å². The number of hydrogen-bond acceptors (Lipinski definition) is 3. The molecule has 32 heavy (non-hydrogen) atoms. The average molecular weight is 458 g/mol. The van der Waals surface area contributed by atoms with Crippen LogP contribution >= 0.6 is 11.8 Å².